The van der Waals surface area contributed by atoms with Crippen LogP contribution in [0.15, 0.2) is 30.3 Å². The average molecular weight is 229 g/mol. The minimum absolute atomic E-state index is 0.233. The third kappa shape index (κ3) is 4.02. The van der Waals surface area contributed by atoms with Crippen LogP contribution in [0.3, 0.4) is 0 Å². The minimum Gasteiger partial charge on any atom is -0.396 e. The van der Waals surface area contributed by atoms with Gasteiger partial charge in [0, 0.05) is 12.6 Å². The summed E-state index contributed by atoms with van der Waals surface area (Å²) in [5, 5.41) is 8.92. The highest BCUT2D eigenvalue weighted by molar-refractivity contribution is 7.30. The zero-order chi connectivity index (χ0) is 10.4. The van der Waals surface area contributed by atoms with Gasteiger partial charge in [0.05, 0.1) is 0 Å². The second-order valence-electron chi connectivity index (χ2n) is 3.30. The van der Waals surface area contributed by atoms with Crippen LogP contribution in [0.1, 0.15) is 12.0 Å². The Morgan fingerprint density at radius 3 is 2.36 bits per heavy atom. The van der Waals surface area contributed by atoms with Gasteiger partial charge in [0.25, 0.3) is 0 Å². The minimum atomic E-state index is 0.233. The fourth-order valence-corrected chi connectivity index (χ4v) is 1.90. The van der Waals surface area contributed by atoms with Crippen LogP contribution in [-0.4, -0.2) is 22.2 Å². The lowest BCUT2D eigenvalue weighted by molar-refractivity contribution is 0.259. The van der Waals surface area contributed by atoms with E-state index in [4.69, 9.17) is 5.11 Å². The fourth-order valence-electron chi connectivity index (χ4n) is 1.39. The number of hydrogen-bond donors (Lipinski definition) is 1. The highest BCUT2D eigenvalue weighted by Gasteiger charge is 2.11. The summed E-state index contributed by atoms with van der Waals surface area (Å²) in [6.07, 6.45) is 1.76. The van der Waals surface area contributed by atoms with Crippen molar-refractivity contribution in [2.75, 3.05) is 6.61 Å². The van der Waals surface area contributed by atoms with Crippen LogP contribution in [0.5, 0.6) is 0 Å². The number of nitrogens with zero attached hydrogens (tertiary/aromatic N) is 1. The normalized spacial score (nSPS) is 13.1. The van der Waals surface area contributed by atoms with Crippen molar-refractivity contribution >= 4 is 18.8 Å². The summed E-state index contributed by atoms with van der Waals surface area (Å²) in [5.41, 5.74) is 1.31. The third-order valence-corrected chi connectivity index (χ3v) is 3.04. The van der Waals surface area contributed by atoms with Crippen molar-refractivity contribution in [1.82, 2.24) is 4.44 Å². The summed E-state index contributed by atoms with van der Waals surface area (Å²) in [6, 6.07) is 10.7. The maximum Gasteiger partial charge on any atom is 0.0446 e. The van der Waals surface area contributed by atoms with Gasteiger partial charge < -0.3 is 5.11 Å². The highest BCUT2D eigenvalue weighted by atomic mass is 31.1. The Morgan fingerprint density at radius 1 is 1.21 bits per heavy atom. The first-order valence-electron chi connectivity index (χ1n) is 4.67. The molecule has 1 N–H and O–H groups in total. The molecule has 0 spiro atoms. The lowest BCUT2D eigenvalue weighted by atomic mass is 10.0. The number of aliphatic hydroxyl groups is 1. The second-order valence-corrected chi connectivity index (χ2v) is 5.09. The van der Waals surface area contributed by atoms with Crippen LogP contribution in [0.25, 0.3) is 0 Å². The van der Waals surface area contributed by atoms with E-state index in [1.165, 1.54) is 5.56 Å². The Hall–Kier alpha value is -0.000000000000000111. The molecule has 1 aromatic carbocycles. The summed E-state index contributed by atoms with van der Waals surface area (Å²) >= 11 is 0. The fraction of sp³-hybridized carbons (Fsp3) is 0.400. The summed E-state index contributed by atoms with van der Waals surface area (Å²) < 4.78 is 2.00. The molecule has 1 rings (SSSR count). The quantitative estimate of drug-likeness (QED) is 0.779. The first kappa shape index (κ1) is 12.1. The van der Waals surface area contributed by atoms with Crippen molar-refractivity contribution < 1.29 is 5.11 Å². The molecular weight excluding hydrogens is 212 g/mol. The molecule has 0 amide bonds. The maximum absolute atomic E-state index is 8.92. The van der Waals surface area contributed by atoms with E-state index in [1.807, 2.05) is 22.6 Å². The van der Waals surface area contributed by atoms with E-state index in [1.54, 1.807) is 0 Å². The van der Waals surface area contributed by atoms with Crippen molar-refractivity contribution in [3.63, 3.8) is 0 Å². The molecule has 2 nitrogen and oxygen atoms in total. The largest absolute Gasteiger partial charge is 0.396 e. The van der Waals surface area contributed by atoms with Gasteiger partial charge in [-0.05, 0) is 18.4 Å². The topological polar surface area (TPSA) is 23.5 Å². The average Bonchev–Trinajstić information content (AvgIpc) is 2.18. The number of aliphatic hydroxyl groups excluding tert-OH is 1. The van der Waals surface area contributed by atoms with Crippen molar-refractivity contribution in [2.45, 2.75) is 18.9 Å². The number of hydrogen-bond acceptors (Lipinski definition) is 2. The summed E-state index contributed by atoms with van der Waals surface area (Å²) in [5.74, 6) is 0. The molecule has 78 valence electrons. The molecule has 0 aliphatic heterocycles. The van der Waals surface area contributed by atoms with E-state index in [0.717, 1.165) is 12.8 Å². The van der Waals surface area contributed by atoms with Gasteiger partial charge in [-0.1, -0.05) is 49.1 Å². The van der Waals surface area contributed by atoms with Crippen molar-refractivity contribution in [1.29, 1.82) is 0 Å². The monoisotopic (exact) mass is 229 g/mol. The number of rotatable bonds is 5. The van der Waals surface area contributed by atoms with Crippen molar-refractivity contribution in [2.24, 2.45) is 0 Å². The molecule has 1 aromatic rings. The molecule has 0 radical (unpaired) electrons. The van der Waals surface area contributed by atoms with E-state index < -0.39 is 0 Å². The third-order valence-electron chi connectivity index (χ3n) is 2.20. The standard InChI is InChI=1S/C10H17NOP2/c12-7-6-10(11(13)14)8-9-4-2-1-3-5-9/h1-5,10,12H,6-8,13-14H2/t10-/m1/s1. The Morgan fingerprint density at radius 2 is 1.86 bits per heavy atom. The van der Waals surface area contributed by atoms with Crippen molar-refractivity contribution in [3.8, 4) is 0 Å². The Bertz CT molecular complexity index is 254. The predicted octanol–water partition coefficient (Wildman–Crippen LogP) is 1.86. The summed E-state index contributed by atoms with van der Waals surface area (Å²) in [7, 11) is 5.25. The molecule has 0 saturated carbocycles. The zero-order valence-electron chi connectivity index (χ0n) is 8.13. The molecule has 0 heterocycles. The van der Waals surface area contributed by atoms with Crippen LogP contribution in [0.4, 0.5) is 0 Å². The van der Waals surface area contributed by atoms with Crippen LogP contribution < -0.4 is 0 Å². The Labute approximate surface area is 90.2 Å². The molecule has 4 heteroatoms. The van der Waals surface area contributed by atoms with Gasteiger partial charge in [-0.25, -0.2) is 0 Å². The van der Waals surface area contributed by atoms with E-state index >= 15 is 0 Å². The molecular formula is C10H17NOP2. The van der Waals surface area contributed by atoms with Gasteiger partial charge in [0.1, 0.15) is 0 Å². The molecule has 0 aliphatic carbocycles. The Kier molecular flexibility index (Phi) is 5.59. The molecule has 0 aromatic heterocycles. The SMILES string of the molecule is OCC[C@H](Cc1ccccc1)N(P)P. The number of benzene rings is 1. The first-order chi connectivity index (χ1) is 6.74. The molecule has 14 heavy (non-hydrogen) atoms. The predicted molar refractivity (Wildman–Crippen MR) is 66.9 cm³/mol. The summed E-state index contributed by atoms with van der Waals surface area (Å²) in [4.78, 5) is 0. The van der Waals surface area contributed by atoms with Crippen LogP contribution in [-0.2, 0) is 6.42 Å². The van der Waals surface area contributed by atoms with Gasteiger partial charge in [-0.3, -0.25) is 4.44 Å². The van der Waals surface area contributed by atoms with E-state index in [-0.39, 0.29) is 6.61 Å². The molecule has 0 bridgehead atoms. The van der Waals surface area contributed by atoms with E-state index in [0.29, 0.717) is 6.04 Å². The maximum atomic E-state index is 8.92. The molecule has 2 unspecified atom stereocenters. The van der Waals surface area contributed by atoms with Crippen LogP contribution in [0, 0.1) is 0 Å². The second kappa shape index (κ2) is 6.48. The molecule has 0 saturated heterocycles. The van der Waals surface area contributed by atoms with E-state index in [9.17, 15) is 0 Å². The van der Waals surface area contributed by atoms with Gasteiger partial charge >= 0.3 is 0 Å². The van der Waals surface area contributed by atoms with Crippen molar-refractivity contribution in [3.05, 3.63) is 35.9 Å². The zero-order valence-corrected chi connectivity index (χ0v) is 10.4. The first-order valence-corrected chi connectivity index (χ1v) is 5.70. The summed E-state index contributed by atoms with van der Waals surface area (Å²) in [6.45, 7) is 0.233. The van der Waals surface area contributed by atoms with Gasteiger partial charge in [0.2, 0.25) is 0 Å². The van der Waals surface area contributed by atoms with E-state index in [2.05, 4.69) is 30.9 Å². The van der Waals surface area contributed by atoms with Gasteiger partial charge in [-0.15, -0.1) is 0 Å². The van der Waals surface area contributed by atoms with Crippen LogP contribution >= 0.6 is 18.8 Å². The lowest BCUT2D eigenvalue weighted by Gasteiger charge is -2.22. The lowest BCUT2D eigenvalue weighted by Crippen LogP contribution is -2.22. The van der Waals surface area contributed by atoms with Crippen LogP contribution in [0.2, 0.25) is 0 Å². The van der Waals surface area contributed by atoms with Gasteiger partial charge in [-0.2, -0.15) is 0 Å². The smallest absolute Gasteiger partial charge is 0.0446 e. The van der Waals surface area contributed by atoms with Gasteiger partial charge in [0.15, 0.2) is 0 Å². The molecule has 0 aliphatic rings. The molecule has 0 fully saturated rings. The Balaban J connectivity index is 2.55. The highest BCUT2D eigenvalue weighted by Crippen LogP contribution is 2.19. The molecule has 3 atom stereocenters.